The number of nitrogens with zero attached hydrogens (tertiary/aromatic N) is 3. The second-order valence-electron chi connectivity index (χ2n) is 3.63. The van der Waals surface area contributed by atoms with E-state index in [0.717, 1.165) is 25.2 Å². The van der Waals surface area contributed by atoms with Crippen LogP contribution in [-0.2, 0) is 13.0 Å². The number of halogens is 1. The molecule has 2 N–H and O–H groups in total. The highest BCUT2D eigenvalue weighted by atomic mass is 35.5. The van der Waals surface area contributed by atoms with Crippen LogP contribution in [0.3, 0.4) is 0 Å². The van der Waals surface area contributed by atoms with Crippen LogP contribution in [-0.4, -0.2) is 20.8 Å². The van der Waals surface area contributed by atoms with Gasteiger partial charge in [-0.15, -0.1) is 5.10 Å². The van der Waals surface area contributed by atoms with E-state index < -0.39 is 0 Å². The summed E-state index contributed by atoms with van der Waals surface area (Å²) in [6.07, 6.45) is 1.97. The van der Waals surface area contributed by atoms with Crippen LogP contribution in [0.5, 0.6) is 0 Å². The Morgan fingerprint density at radius 2 is 2.46 bits per heavy atom. The van der Waals surface area contributed by atoms with Crippen molar-refractivity contribution in [2.24, 2.45) is 11.7 Å². The highest BCUT2D eigenvalue weighted by Crippen LogP contribution is 2.21. The average molecular weight is 201 g/mol. The van der Waals surface area contributed by atoms with Gasteiger partial charge >= 0.3 is 0 Å². The first-order valence-corrected chi connectivity index (χ1v) is 4.89. The van der Waals surface area contributed by atoms with E-state index in [1.165, 1.54) is 0 Å². The van der Waals surface area contributed by atoms with Crippen molar-refractivity contribution in [2.75, 3.05) is 0 Å². The third-order valence-corrected chi connectivity index (χ3v) is 2.78. The predicted molar refractivity (Wildman–Crippen MR) is 50.5 cm³/mol. The fraction of sp³-hybridized carbons (Fsp3) is 0.750. The smallest absolute Gasteiger partial charge is 0.242 e. The zero-order valence-electron chi connectivity index (χ0n) is 7.57. The van der Waals surface area contributed by atoms with Crippen LogP contribution in [0.4, 0.5) is 0 Å². The van der Waals surface area contributed by atoms with E-state index in [9.17, 15) is 0 Å². The van der Waals surface area contributed by atoms with Gasteiger partial charge in [0.05, 0.1) is 0 Å². The molecule has 1 aliphatic heterocycles. The number of hydrogen-bond donors (Lipinski definition) is 1. The molecular weight excluding hydrogens is 188 g/mol. The highest BCUT2D eigenvalue weighted by molar-refractivity contribution is 6.28. The molecule has 1 aliphatic rings. The predicted octanol–water partition coefficient (Wildman–Crippen LogP) is 0.841. The summed E-state index contributed by atoms with van der Waals surface area (Å²) in [7, 11) is 0. The molecular formula is C8H13ClN4. The van der Waals surface area contributed by atoms with Crippen molar-refractivity contribution in [3.8, 4) is 0 Å². The van der Waals surface area contributed by atoms with E-state index >= 15 is 0 Å². The molecule has 0 amide bonds. The summed E-state index contributed by atoms with van der Waals surface area (Å²) < 4.78 is 1.88. The van der Waals surface area contributed by atoms with Gasteiger partial charge in [-0.2, -0.15) is 0 Å². The van der Waals surface area contributed by atoms with E-state index in [1.54, 1.807) is 0 Å². The fourth-order valence-electron chi connectivity index (χ4n) is 1.75. The molecule has 0 aromatic carbocycles. The minimum absolute atomic E-state index is 0.226. The zero-order valence-corrected chi connectivity index (χ0v) is 8.33. The van der Waals surface area contributed by atoms with Crippen molar-refractivity contribution in [3.63, 3.8) is 0 Å². The Hall–Kier alpha value is -0.610. The Kier molecular flexibility index (Phi) is 2.26. The topological polar surface area (TPSA) is 56.7 Å². The molecule has 0 saturated carbocycles. The van der Waals surface area contributed by atoms with E-state index in [4.69, 9.17) is 17.3 Å². The maximum absolute atomic E-state index is 5.84. The van der Waals surface area contributed by atoms with Gasteiger partial charge < -0.3 is 5.73 Å². The van der Waals surface area contributed by atoms with Crippen molar-refractivity contribution in [1.29, 1.82) is 0 Å². The number of rotatable bonds is 1. The SMILES string of the molecule is CC(N)C1CCn2nc(Cl)nc2C1. The van der Waals surface area contributed by atoms with Crippen molar-refractivity contribution in [1.82, 2.24) is 14.8 Å². The van der Waals surface area contributed by atoms with Gasteiger partial charge in [-0.1, -0.05) is 0 Å². The molecule has 0 aliphatic carbocycles. The minimum Gasteiger partial charge on any atom is -0.328 e. The Morgan fingerprint density at radius 1 is 1.69 bits per heavy atom. The quantitative estimate of drug-likeness (QED) is 0.731. The summed E-state index contributed by atoms with van der Waals surface area (Å²) >= 11 is 5.70. The highest BCUT2D eigenvalue weighted by Gasteiger charge is 2.23. The molecule has 4 nitrogen and oxygen atoms in total. The molecule has 0 saturated heterocycles. The largest absolute Gasteiger partial charge is 0.328 e. The molecule has 0 fully saturated rings. The Balaban J connectivity index is 2.19. The second kappa shape index (κ2) is 3.27. The summed E-state index contributed by atoms with van der Waals surface area (Å²) in [6, 6.07) is 0.226. The van der Waals surface area contributed by atoms with Crippen molar-refractivity contribution in [3.05, 3.63) is 11.1 Å². The van der Waals surface area contributed by atoms with Crippen LogP contribution < -0.4 is 5.73 Å². The van der Waals surface area contributed by atoms with Gasteiger partial charge in [-0.3, -0.25) is 0 Å². The number of nitrogens with two attached hydrogens (primary N) is 1. The van der Waals surface area contributed by atoms with Crippen LogP contribution in [0.25, 0.3) is 0 Å². The molecule has 1 aromatic heterocycles. The molecule has 2 heterocycles. The summed E-state index contributed by atoms with van der Waals surface area (Å²) in [4.78, 5) is 4.15. The first-order chi connectivity index (χ1) is 6.16. The van der Waals surface area contributed by atoms with Gasteiger partial charge in [0.2, 0.25) is 5.28 Å². The van der Waals surface area contributed by atoms with Crippen molar-refractivity contribution >= 4 is 11.6 Å². The first kappa shape index (κ1) is 8.97. The number of aromatic nitrogens is 3. The van der Waals surface area contributed by atoms with E-state index in [2.05, 4.69) is 10.1 Å². The van der Waals surface area contributed by atoms with Gasteiger partial charge in [0, 0.05) is 19.0 Å². The fourth-order valence-corrected chi connectivity index (χ4v) is 1.94. The normalized spacial score (nSPS) is 24.1. The lowest BCUT2D eigenvalue weighted by atomic mass is 9.92. The third-order valence-electron chi connectivity index (χ3n) is 2.62. The number of hydrogen-bond acceptors (Lipinski definition) is 3. The number of aryl methyl sites for hydroxylation is 1. The summed E-state index contributed by atoms with van der Waals surface area (Å²) in [5.41, 5.74) is 5.84. The molecule has 0 spiro atoms. The molecule has 5 heteroatoms. The van der Waals surface area contributed by atoms with Crippen molar-refractivity contribution in [2.45, 2.75) is 32.4 Å². The molecule has 2 unspecified atom stereocenters. The van der Waals surface area contributed by atoms with Crippen LogP contribution in [0.1, 0.15) is 19.2 Å². The van der Waals surface area contributed by atoms with Crippen LogP contribution in [0.15, 0.2) is 0 Å². The molecule has 0 radical (unpaired) electrons. The van der Waals surface area contributed by atoms with Crippen molar-refractivity contribution < 1.29 is 0 Å². The molecule has 72 valence electrons. The molecule has 0 bridgehead atoms. The lowest BCUT2D eigenvalue weighted by molar-refractivity contribution is 0.323. The summed E-state index contributed by atoms with van der Waals surface area (Å²) in [5, 5.41) is 4.42. The van der Waals surface area contributed by atoms with Gasteiger partial charge in [-0.25, -0.2) is 9.67 Å². The first-order valence-electron chi connectivity index (χ1n) is 4.51. The second-order valence-corrected chi connectivity index (χ2v) is 3.97. The van der Waals surface area contributed by atoms with Crippen LogP contribution in [0.2, 0.25) is 5.28 Å². The Morgan fingerprint density at radius 3 is 3.15 bits per heavy atom. The van der Waals surface area contributed by atoms with Gasteiger partial charge in [0.25, 0.3) is 0 Å². The average Bonchev–Trinajstić information content (AvgIpc) is 2.42. The van der Waals surface area contributed by atoms with E-state index in [1.807, 2.05) is 11.6 Å². The van der Waals surface area contributed by atoms with E-state index in [0.29, 0.717) is 11.2 Å². The standard InChI is InChI=1S/C8H13ClN4/c1-5(10)6-2-3-13-7(4-6)11-8(9)12-13/h5-6H,2-4,10H2,1H3. The Labute approximate surface area is 82.1 Å². The van der Waals surface area contributed by atoms with Gasteiger partial charge in [0.1, 0.15) is 5.82 Å². The van der Waals surface area contributed by atoms with Gasteiger partial charge in [-0.05, 0) is 30.9 Å². The maximum Gasteiger partial charge on any atom is 0.242 e. The molecule has 2 rings (SSSR count). The van der Waals surface area contributed by atoms with Crippen LogP contribution >= 0.6 is 11.6 Å². The summed E-state index contributed by atoms with van der Waals surface area (Å²) in [5.74, 6) is 1.49. The lowest BCUT2D eigenvalue weighted by Gasteiger charge is -2.24. The Bertz CT molecular complexity index is 307. The molecule has 13 heavy (non-hydrogen) atoms. The maximum atomic E-state index is 5.84. The zero-order chi connectivity index (χ0) is 9.42. The monoisotopic (exact) mass is 200 g/mol. The van der Waals surface area contributed by atoms with Crippen LogP contribution in [0, 0.1) is 5.92 Å². The third kappa shape index (κ3) is 1.69. The van der Waals surface area contributed by atoms with Gasteiger partial charge in [0.15, 0.2) is 0 Å². The molecule has 2 atom stereocenters. The lowest BCUT2D eigenvalue weighted by Crippen LogP contribution is -2.33. The summed E-state index contributed by atoms with van der Waals surface area (Å²) in [6.45, 7) is 2.93. The van der Waals surface area contributed by atoms with E-state index in [-0.39, 0.29) is 6.04 Å². The molecule has 1 aromatic rings. The number of fused-ring (bicyclic) bond motifs is 1. The minimum atomic E-state index is 0.226.